The molecule has 0 heterocycles. The van der Waals surface area contributed by atoms with Gasteiger partial charge in [-0.1, -0.05) is 13.3 Å². The van der Waals surface area contributed by atoms with Crippen LogP contribution in [0.4, 0.5) is 0 Å². The summed E-state index contributed by atoms with van der Waals surface area (Å²) in [7, 11) is 1.53. The smallest absolute Gasteiger partial charge is 0.306 e. The van der Waals surface area contributed by atoms with Crippen molar-refractivity contribution in [3.05, 3.63) is 0 Å². The van der Waals surface area contributed by atoms with Gasteiger partial charge < -0.3 is 20.9 Å². The molecule has 4 N–H and O–H groups in total. The van der Waals surface area contributed by atoms with Crippen molar-refractivity contribution in [2.75, 3.05) is 13.7 Å². The number of nitrogens with two attached hydrogens (primary N) is 1. The van der Waals surface area contributed by atoms with Gasteiger partial charge in [-0.25, -0.2) is 0 Å². The third kappa shape index (κ3) is 8.56. The minimum absolute atomic E-state index is 0.0313. The van der Waals surface area contributed by atoms with E-state index in [9.17, 15) is 9.59 Å². The van der Waals surface area contributed by atoms with Crippen molar-refractivity contribution in [1.29, 1.82) is 0 Å². The van der Waals surface area contributed by atoms with Crippen molar-refractivity contribution in [3.63, 3.8) is 0 Å². The number of carboxylic acid groups (broad SMARTS) is 1. The van der Waals surface area contributed by atoms with E-state index in [4.69, 9.17) is 15.6 Å². The Labute approximate surface area is 114 Å². The highest BCUT2D eigenvalue weighted by atomic mass is 16.5. The molecule has 0 aromatic rings. The minimum Gasteiger partial charge on any atom is -0.481 e. The summed E-state index contributed by atoms with van der Waals surface area (Å²) in [5.41, 5.74) is 5.44. The Morgan fingerprint density at radius 2 is 1.95 bits per heavy atom. The van der Waals surface area contributed by atoms with Gasteiger partial charge in [0.1, 0.15) is 0 Å². The average molecular weight is 274 g/mol. The van der Waals surface area contributed by atoms with E-state index in [2.05, 4.69) is 5.32 Å². The quantitative estimate of drug-likeness (QED) is 0.545. The first-order valence-electron chi connectivity index (χ1n) is 6.65. The molecule has 0 radical (unpaired) electrons. The highest BCUT2D eigenvalue weighted by Crippen LogP contribution is 2.09. The Kier molecular flexibility index (Phi) is 9.16. The number of methoxy groups -OCH3 is 1. The van der Waals surface area contributed by atoms with E-state index >= 15 is 0 Å². The Morgan fingerprint density at radius 1 is 1.32 bits per heavy atom. The summed E-state index contributed by atoms with van der Waals surface area (Å²) in [5, 5.41) is 11.6. The summed E-state index contributed by atoms with van der Waals surface area (Å²) >= 11 is 0. The van der Waals surface area contributed by atoms with Gasteiger partial charge in [0.05, 0.1) is 18.4 Å². The molecule has 0 bridgehead atoms. The Hall–Kier alpha value is -1.14. The Bertz CT molecular complexity index is 280. The molecule has 19 heavy (non-hydrogen) atoms. The number of carboxylic acids is 1. The zero-order valence-corrected chi connectivity index (χ0v) is 12.0. The number of carbonyl (C=O) groups is 2. The number of aliphatic carboxylic acids is 1. The first kappa shape index (κ1) is 17.9. The van der Waals surface area contributed by atoms with Crippen LogP contribution < -0.4 is 11.1 Å². The molecule has 3 unspecified atom stereocenters. The lowest BCUT2D eigenvalue weighted by Gasteiger charge is -2.17. The molecule has 6 nitrogen and oxygen atoms in total. The second kappa shape index (κ2) is 9.75. The molecular formula is C13H26N2O4. The SMILES string of the molecule is COC(CN)CC(=O)NC(C)CCCC(C)C(=O)O. The van der Waals surface area contributed by atoms with Gasteiger partial charge in [0.15, 0.2) is 0 Å². The minimum atomic E-state index is -0.775. The van der Waals surface area contributed by atoms with Crippen LogP contribution in [0.1, 0.15) is 39.5 Å². The number of hydrogen-bond donors (Lipinski definition) is 3. The third-order valence-corrected chi connectivity index (χ3v) is 3.11. The standard InChI is InChI=1S/C13H26N2O4/c1-9(13(17)18)5-4-6-10(2)15-12(16)7-11(8-14)19-3/h9-11H,4-8,14H2,1-3H3,(H,15,16)(H,17,18). The number of nitrogens with one attached hydrogen (secondary N) is 1. The van der Waals surface area contributed by atoms with Crippen LogP contribution >= 0.6 is 0 Å². The molecule has 0 aliphatic heterocycles. The number of amides is 1. The molecule has 112 valence electrons. The first-order valence-corrected chi connectivity index (χ1v) is 6.65. The van der Waals surface area contributed by atoms with Crippen LogP contribution in [-0.4, -0.2) is 42.8 Å². The summed E-state index contributed by atoms with van der Waals surface area (Å²) in [6.07, 6.45) is 2.17. The maximum atomic E-state index is 11.6. The summed E-state index contributed by atoms with van der Waals surface area (Å²) < 4.78 is 5.04. The van der Waals surface area contributed by atoms with Crippen molar-refractivity contribution >= 4 is 11.9 Å². The molecule has 0 saturated carbocycles. The molecule has 0 aliphatic rings. The van der Waals surface area contributed by atoms with Crippen LogP contribution in [0, 0.1) is 5.92 Å². The molecule has 6 heteroatoms. The molecule has 0 saturated heterocycles. The maximum Gasteiger partial charge on any atom is 0.306 e. The van der Waals surface area contributed by atoms with Crippen LogP contribution in [-0.2, 0) is 14.3 Å². The topological polar surface area (TPSA) is 102 Å². The van der Waals surface area contributed by atoms with E-state index in [1.165, 1.54) is 7.11 Å². The number of carbonyl (C=O) groups excluding carboxylic acids is 1. The van der Waals surface area contributed by atoms with Crippen LogP contribution in [0.3, 0.4) is 0 Å². The number of ether oxygens (including phenoxy) is 1. The van der Waals surface area contributed by atoms with Gasteiger partial charge in [0.25, 0.3) is 0 Å². The van der Waals surface area contributed by atoms with E-state index in [-0.39, 0.29) is 30.4 Å². The average Bonchev–Trinajstić information content (AvgIpc) is 2.35. The molecule has 1 amide bonds. The van der Waals surface area contributed by atoms with Crippen molar-refractivity contribution in [2.45, 2.75) is 51.7 Å². The van der Waals surface area contributed by atoms with Gasteiger partial charge in [0.2, 0.25) is 5.91 Å². The van der Waals surface area contributed by atoms with E-state index in [1.54, 1.807) is 6.92 Å². The normalized spacial score (nSPS) is 15.6. The molecule has 0 aromatic carbocycles. The molecule has 0 spiro atoms. The van der Waals surface area contributed by atoms with Gasteiger partial charge >= 0.3 is 5.97 Å². The Morgan fingerprint density at radius 3 is 2.42 bits per heavy atom. The summed E-state index contributed by atoms with van der Waals surface area (Å²) in [6, 6.07) is 0.0313. The fourth-order valence-corrected chi connectivity index (χ4v) is 1.73. The monoisotopic (exact) mass is 274 g/mol. The highest BCUT2D eigenvalue weighted by Gasteiger charge is 2.15. The fourth-order valence-electron chi connectivity index (χ4n) is 1.73. The molecule has 0 fully saturated rings. The van der Waals surface area contributed by atoms with Gasteiger partial charge in [-0.05, 0) is 19.8 Å². The van der Waals surface area contributed by atoms with E-state index in [1.807, 2.05) is 6.92 Å². The summed E-state index contributed by atoms with van der Waals surface area (Å²) in [6.45, 7) is 3.91. The first-order chi connectivity index (χ1) is 8.90. The van der Waals surface area contributed by atoms with Crippen LogP contribution in [0.15, 0.2) is 0 Å². The summed E-state index contributed by atoms with van der Waals surface area (Å²) in [5.74, 6) is -1.20. The van der Waals surface area contributed by atoms with Crippen molar-refractivity contribution < 1.29 is 19.4 Å². The highest BCUT2D eigenvalue weighted by molar-refractivity contribution is 5.76. The van der Waals surface area contributed by atoms with Gasteiger partial charge in [-0.3, -0.25) is 9.59 Å². The van der Waals surface area contributed by atoms with Crippen LogP contribution in [0.25, 0.3) is 0 Å². The predicted molar refractivity (Wildman–Crippen MR) is 72.7 cm³/mol. The zero-order chi connectivity index (χ0) is 14.8. The molecule has 0 aromatic heterocycles. The lowest BCUT2D eigenvalue weighted by Crippen LogP contribution is -2.37. The van der Waals surface area contributed by atoms with Gasteiger partial charge in [-0.15, -0.1) is 0 Å². The lowest BCUT2D eigenvalue weighted by molar-refractivity contribution is -0.141. The molecule has 3 atom stereocenters. The second-order valence-electron chi connectivity index (χ2n) is 4.94. The predicted octanol–water partition coefficient (Wildman–Crippen LogP) is 0.746. The lowest BCUT2D eigenvalue weighted by atomic mass is 10.0. The number of hydrogen-bond acceptors (Lipinski definition) is 4. The maximum absolute atomic E-state index is 11.6. The van der Waals surface area contributed by atoms with E-state index in [0.29, 0.717) is 13.0 Å². The molecular weight excluding hydrogens is 248 g/mol. The van der Waals surface area contributed by atoms with Crippen molar-refractivity contribution in [1.82, 2.24) is 5.32 Å². The van der Waals surface area contributed by atoms with Crippen LogP contribution in [0.5, 0.6) is 0 Å². The molecule has 0 aliphatic carbocycles. The summed E-state index contributed by atoms with van der Waals surface area (Å²) in [4.78, 5) is 22.3. The zero-order valence-electron chi connectivity index (χ0n) is 12.0. The molecule has 0 rings (SSSR count). The van der Waals surface area contributed by atoms with Crippen molar-refractivity contribution in [2.24, 2.45) is 11.7 Å². The third-order valence-electron chi connectivity index (χ3n) is 3.11. The largest absolute Gasteiger partial charge is 0.481 e. The van der Waals surface area contributed by atoms with Crippen LogP contribution in [0.2, 0.25) is 0 Å². The van der Waals surface area contributed by atoms with Gasteiger partial charge in [0, 0.05) is 19.7 Å². The van der Waals surface area contributed by atoms with E-state index in [0.717, 1.165) is 12.8 Å². The van der Waals surface area contributed by atoms with E-state index < -0.39 is 5.97 Å². The van der Waals surface area contributed by atoms with Crippen molar-refractivity contribution in [3.8, 4) is 0 Å². The Balaban J connectivity index is 3.82. The number of rotatable bonds is 10. The van der Waals surface area contributed by atoms with Gasteiger partial charge in [-0.2, -0.15) is 0 Å². The second-order valence-corrected chi connectivity index (χ2v) is 4.94. The fraction of sp³-hybridized carbons (Fsp3) is 0.846.